The first-order valence-electron chi connectivity index (χ1n) is 9.28. The first-order chi connectivity index (χ1) is 11.6. The molecule has 3 rings (SSSR count). The molecule has 2 aromatic rings. The number of aryl methyl sites for hydroxylation is 3. The van der Waals surface area contributed by atoms with Gasteiger partial charge < -0.3 is 4.52 Å². The van der Waals surface area contributed by atoms with E-state index in [0.29, 0.717) is 6.04 Å². The third-order valence-electron chi connectivity index (χ3n) is 5.30. The van der Waals surface area contributed by atoms with Crippen LogP contribution in [0.1, 0.15) is 73.5 Å². The molecule has 0 amide bonds. The number of aromatic nitrogens is 3. The van der Waals surface area contributed by atoms with E-state index >= 15 is 0 Å². The second-order valence-corrected chi connectivity index (χ2v) is 7.08. The molecule has 5 nitrogen and oxygen atoms in total. The lowest BCUT2D eigenvalue weighted by atomic mass is 10.0. The minimum Gasteiger partial charge on any atom is -0.361 e. The van der Waals surface area contributed by atoms with Gasteiger partial charge in [0.1, 0.15) is 11.5 Å². The molecule has 1 atom stereocenters. The van der Waals surface area contributed by atoms with Crippen LogP contribution in [0.5, 0.6) is 0 Å². The fourth-order valence-electron chi connectivity index (χ4n) is 3.79. The van der Waals surface area contributed by atoms with E-state index in [4.69, 9.17) is 4.52 Å². The number of hydrogen-bond donors (Lipinski definition) is 0. The van der Waals surface area contributed by atoms with Crippen LogP contribution in [0, 0.1) is 13.8 Å². The number of hydrogen-bond acceptors (Lipinski definition) is 4. The van der Waals surface area contributed by atoms with Crippen LogP contribution in [0.15, 0.2) is 10.6 Å². The van der Waals surface area contributed by atoms with Gasteiger partial charge in [-0.3, -0.25) is 9.58 Å². The highest BCUT2D eigenvalue weighted by Crippen LogP contribution is 2.32. The van der Waals surface area contributed by atoms with Crippen molar-refractivity contribution in [2.75, 3.05) is 6.54 Å². The molecule has 1 aliphatic rings. The maximum atomic E-state index is 5.56. The second-order valence-electron chi connectivity index (χ2n) is 7.08. The molecule has 0 spiro atoms. The van der Waals surface area contributed by atoms with Crippen LogP contribution in [0.2, 0.25) is 0 Å². The van der Waals surface area contributed by atoms with Crippen molar-refractivity contribution in [1.82, 2.24) is 19.8 Å². The van der Waals surface area contributed by atoms with Gasteiger partial charge in [-0.25, -0.2) is 0 Å². The Morgan fingerprint density at radius 2 is 2.08 bits per heavy atom. The van der Waals surface area contributed by atoms with Crippen LogP contribution in [0.25, 0.3) is 0 Å². The Hall–Kier alpha value is -1.62. The van der Waals surface area contributed by atoms with E-state index in [2.05, 4.69) is 42.0 Å². The van der Waals surface area contributed by atoms with Crippen LogP contribution in [0.4, 0.5) is 0 Å². The lowest BCUT2D eigenvalue weighted by Crippen LogP contribution is -2.28. The first-order valence-corrected chi connectivity index (χ1v) is 9.28. The average Bonchev–Trinajstić information content (AvgIpc) is 3.00. The molecule has 0 aliphatic carbocycles. The summed E-state index contributed by atoms with van der Waals surface area (Å²) < 4.78 is 7.55. The third kappa shape index (κ3) is 3.56. The van der Waals surface area contributed by atoms with E-state index in [0.717, 1.165) is 49.5 Å². The Morgan fingerprint density at radius 1 is 1.25 bits per heavy atom. The van der Waals surface area contributed by atoms with Gasteiger partial charge in [0.15, 0.2) is 0 Å². The van der Waals surface area contributed by atoms with Gasteiger partial charge in [-0.05, 0) is 39.7 Å². The molecule has 1 aliphatic heterocycles. The van der Waals surface area contributed by atoms with Crippen molar-refractivity contribution < 1.29 is 4.52 Å². The number of likely N-dealkylation sites (tertiary alicyclic amines) is 1. The minimum atomic E-state index is 0.362. The smallest absolute Gasteiger partial charge is 0.137 e. The summed E-state index contributed by atoms with van der Waals surface area (Å²) in [5.41, 5.74) is 4.88. The van der Waals surface area contributed by atoms with Gasteiger partial charge in [-0.1, -0.05) is 24.9 Å². The van der Waals surface area contributed by atoms with Gasteiger partial charge in [-0.2, -0.15) is 5.10 Å². The average molecular weight is 330 g/mol. The van der Waals surface area contributed by atoms with Gasteiger partial charge in [-0.15, -0.1) is 0 Å². The SMILES string of the molecule is CCCc1cc([C@H]2CCCCCN2Cc2c(C)nn(C)c2C)no1. The fourth-order valence-corrected chi connectivity index (χ4v) is 3.79. The molecule has 0 bridgehead atoms. The maximum Gasteiger partial charge on any atom is 0.137 e. The summed E-state index contributed by atoms with van der Waals surface area (Å²) in [6.07, 6.45) is 7.06. The summed E-state index contributed by atoms with van der Waals surface area (Å²) >= 11 is 0. The largest absolute Gasteiger partial charge is 0.361 e. The molecule has 0 radical (unpaired) electrons. The predicted molar refractivity (Wildman–Crippen MR) is 94.8 cm³/mol. The van der Waals surface area contributed by atoms with Gasteiger partial charge in [0.2, 0.25) is 0 Å². The summed E-state index contributed by atoms with van der Waals surface area (Å²) in [6, 6.07) is 2.54. The lowest BCUT2D eigenvalue weighted by molar-refractivity contribution is 0.183. The molecule has 1 fully saturated rings. The molecule has 0 N–H and O–H groups in total. The van der Waals surface area contributed by atoms with E-state index in [-0.39, 0.29) is 0 Å². The molecule has 5 heteroatoms. The van der Waals surface area contributed by atoms with Crippen molar-refractivity contribution in [1.29, 1.82) is 0 Å². The highest BCUT2D eigenvalue weighted by molar-refractivity contribution is 5.24. The number of nitrogens with zero attached hydrogens (tertiary/aromatic N) is 4. The molecule has 0 saturated carbocycles. The van der Waals surface area contributed by atoms with Gasteiger partial charge in [0.25, 0.3) is 0 Å². The Bertz CT molecular complexity index is 673. The predicted octanol–water partition coefficient (Wildman–Crippen LogP) is 4.09. The summed E-state index contributed by atoms with van der Waals surface area (Å²) in [5, 5.41) is 8.99. The van der Waals surface area contributed by atoms with Gasteiger partial charge in [0, 0.05) is 37.3 Å². The summed E-state index contributed by atoms with van der Waals surface area (Å²) in [6.45, 7) is 8.52. The molecular weight excluding hydrogens is 300 g/mol. The van der Waals surface area contributed by atoms with Crippen LogP contribution in [-0.4, -0.2) is 26.4 Å². The minimum absolute atomic E-state index is 0.362. The van der Waals surface area contributed by atoms with Crippen molar-refractivity contribution in [3.63, 3.8) is 0 Å². The first kappa shape index (κ1) is 17.2. The van der Waals surface area contributed by atoms with E-state index in [9.17, 15) is 0 Å². The Morgan fingerprint density at radius 3 is 2.79 bits per heavy atom. The second kappa shape index (κ2) is 7.51. The fraction of sp³-hybridized carbons (Fsp3) is 0.684. The van der Waals surface area contributed by atoms with E-state index in [1.165, 1.54) is 30.5 Å². The van der Waals surface area contributed by atoms with Crippen LogP contribution in [0.3, 0.4) is 0 Å². The van der Waals surface area contributed by atoms with Crippen molar-refractivity contribution in [3.8, 4) is 0 Å². The van der Waals surface area contributed by atoms with E-state index < -0.39 is 0 Å². The Balaban J connectivity index is 1.84. The monoisotopic (exact) mass is 330 g/mol. The van der Waals surface area contributed by atoms with Gasteiger partial charge >= 0.3 is 0 Å². The maximum absolute atomic E-state index is 5.56. The molecule has 0 aromatic carbocycles. The highest BCUT2D eigenvalue weighted by Gasteiger charge is 2.27. The van der Waals surface area contributed by atoms with Crippen LogP contribution >= 0.6 is 0 Å². The number of rotatable bonds is 5. The van der Waals surface area contributed by atoms with Crippen molar-refractivity contribution >= 4 is 0 Å². The van der Waals surface area contributed by atoms with Crippen LogP contribution in [-0.2, 0) is 20.0 Å². The van der Waals surface area contributed by atoms with E-state index in [1.54, 1.807) is 0 Å². The molecule has 3 heterocycles. The van der Waals surface area contributed by atoms with Gasteiger partial charge in [0.05, 0.1) is 11.7 Å². The molecular formula is C19H30N4O. The Labute approximate surface area is 145 Å². The molecule has 0 unspecified atom stereocenters. The van der Waals surface area contributed by atoms with Crippen molar-refractivity contribution in [2.24, 2.45) is 7.05 Å². The summed E-state index contributed by atoms with van der Waals surface area (Å²) in [4.78, 5) is 2.58. The molecule has 1 saturated heterocycles. The van der Waals surface area contributed by atoms with Crippen LogP contribution < -0.4 is 0 Å². The zero-order valence-corrected chi connectivity index (χ0v) is 15.5. The third-order valence-corrected chi connectivity index (χ3v) is 5.30. The zero-order chi connectivity index (χ0) is 17.1. The quantitative estimate of drug-likeness (QED) is 0.828. The molecule has 132 valence electrons. The zero-order valence-electron chi connectivity index (χ0n) is 15.5. The van der Waals surface area contributed by atoms with Crippen molar-refractivity contribution in [3.05, 3.63) is 34.5 Å². The lowest BCUT2D eigenvalue weighted by Gasteiger charge is -2.28. The normalized spacial score (nSPS) is 19.6. The topological polar surface area (TPSA) is 47.1 Å². The molecule has 2 aromatic heterocycles. The highest BCUT2D eigenvalue weighted by atomic mass is 16.5. The summed E-state index contributed by atoms with van der Waals surface area (Å²) in [5.74, 6) is 1.02. The molecule has 24 heavy (non-hydrogen) atoms. The summed E-state index contributed by atoms with van der Waals surface area (Å²) in [7, 11) is 2.03. The van der Waals surface area contributed by atoms with E-state index in [1.807, 2.05) is 11.7 Å². The standard InChI is InChI=1S/C19H30N4O/c1-5-9-16-12-18(21-24-16)19-10-7-6-8-11-23(19)13-17-14(2)20-22(4)15(17)3/h12,19H,5-11,13H2,1-4H3/t19-/m1/s1. The van der Waals surface area contributed by atoms with Crippen molar-refractivity contribution in [2.45, 2.75) is 71.9 Å². The Kier molecular flexibility index (Phi) is 5.39.